The lowest BCUT2D eigenvalue weighted by molar-refractivity contribution is -0.146. The number of benzene rings is 2. The molecule has 0 radical (unpaired) electrons. The third-order valence-electron chi connectivity index (χ3n) is 6.99. The van der Waals surface area contributed by atoms with Gasteiger partial charge >= 0.3 is 5.97 Å². The van der Waals surface area contributed by atoms with Gasteiger partial charge < -0.3 is 19.5 Å². The van der Waals surface area contributed by atoms with Crippen molar-refractivity contribution in [1.29, 1.82) is 0 Å². The summed E-state index contributed by atoms with van der Waals surface area (Å²) >= 11 is 3.70. The van der Waals surface area contributed by atoms with Crippen LogP contribution in [0.15, 0.2) is 58.5 Å². The number of hydrogen-bond acceptors (Lipinski definition) is 7. The highest BCUT2D eigenvalue weighted by molar-refractivity contribution is 9.10. The fourth-order valence-corrected chi connectivity index (χ4v) is 5.62. The van der Waals surface area contributed by atoms with Crippen LogP contribution in [0, 0.1) is 6.92 Å². The topological polar surface area (TPSA) is 87.5 Å². The Hall–Kier alpha value is -3.33. The van der Waals surface area contributed by atoms with Crippen molar-refractivity contribution in [3.8, 4) is 11.5 Å². The van der Waals surface area contributed by atoms with Gasteiger partial charge in [0, 0.05) is 5.70 Å². The van der Waals surface area contributed by atoms with Gasteiger partial charge in [0.25, 0.3) is 0 Å². The highest BCUT2D eigenvalue weighted by Crippen LogP contribution is 2.43. The van der Waals surface area contributed by atoms with Gasteiger partial charge in [-0.3, -0.25) is 0 Å². The summed E-state index contributed by atoms with van der Waals surface area (Å²) in [5, 5.41) is 7.67. The molecule has 38 heavy (non-hydrogen) atoms. The number of halogens is 1. The lowest BCUT2D eigenvalue weighted by atomic mass is 9.94. The van der Waals surface area contributed by atoms with Crippen LogP contribution in [0.25, 0.3) is 0 Å². The van der Waals surface area contributed by atoms with E-state index in [0.29, 0.717) is 41.9 Å². The van der Waals surface area contributed by atoms with Crippen LogP contribution < -0.4 is 14.8 Å². The van der Waals surface area contributed by atoms with Gasteiger partial charge in [-0.05, 0) is 85.6 Å². The SMILES string of the molecule is CCOc1cc(C2C(C(=O)OC3CCCCC3)=C(C)Nc3ncnn32)cc(Br)c1OCc1ccc(C)cc1. The molecular formula is C29H33BrN4O4. The maximum Gasteiger partial charge on any atom is 0.338 e. The molecule has 2 aromatic carbocycles. The molecule has 3 aromatic rings. The summed E-state index contributed by atoms with van der Waals surface area (Å²) in [6.45, 7) is 6.73. The van der Waals surface area contributed by atoms with Gasteiger partial charge in [-0.1, -0.05) is 36.2 Å². The molecule has 0 bridgehead atoms. The van der Waals surface area contributed by atoms with Crippen molar-refractivity contribution in [2.75, 3.05) is 11.9 Å². The standard InChI is InChI=1S/C29H33BrN4O4/c1-4-36-24-15-21(14-23(30)27(24)37-16-20-12-10-18(2)11-13-20)26-25(19(3)33-29-31-17-32-34(26)29)28(35)38-22-8-6-5-7-9-22/h10-15,17,22,26H,4-9,16H2,1-3H3,(H,31,32,33). The molecule has 0 saturated heterocycles. The summed E-state index contributed by atoms with van der Waals surface area (Å²) < 4.78 is 20.7. The minimum Gasteiger partial charge on any atom is -0.490 e. The van der Waals surface area contributed by atoms with Crippen molar-refractivity contribution in [1.82, 2.24) is 14.8 Å². The van der Waals surface area contributed by atoms with E-state index in [2.05, 4.69) is 62.5 Å². The van der Waals surface area contributed by atoms with E-state index in [9.17, 15) is 4.79 Å². The quantitative estimate of drug-likeness (QED) is 0.304. The van der Waals surface area contributed by atoms with Crippen molar-refractivity contribution in [2.24, 2.45) is 0 Å². The summed E-state index contributed by atoms with van der Waals surface area (Å²) in [7, 11) is 0. The number of carbonyl (C=O) groups excluding carboxylic acids is 1. The van der Waals surface area contributed by atoms with Gasteiger partial charge in [-0.2, -0.15) is 10.1 Å². The molecular weight excluding hydrogens is 548 g/mol. The number of aromatic nitrogens is 3. The van der Waals surface area contributed by atoms with Gasteiger partial charge in [0.2, 0.25) is 5.95 Å². The molecule has 1 aliphatic carbocycles. The number of aryl methyl sites for hydroxylation is 1. The summed E-state index contributed by atoms with van der Waals surface area (Å²) in [5.41, 5.74) is 4.28. The molecule has 8 nitrogen and oxygen atoms in total. The van der Waals surface area contributed by atoms with E-state index >= 15 is 0 Å². The van der Waals surface area contributed by atoms with Gasteiger partial charge in [0.05, 0.1) is 16.7 Å². The number of rotatable bonds is 8. The molecule has 1 aliphatic heterocycles. The predicted molar refractivity (Wildman–Crippen MR) is 148 cm³/mol. The normalized spacial score (nSPS) is 17.5. The first-order valence-electron chi connectivity index (χ1n) is 13.2. The van der Waals surface area contributed by atoms with Gasteiger partial charge in [0.15, 0.2) is 11.5 Å². The molecule has 1 unspecified atom stereocenters. The monoisotopic (exact) mass is 580 g/mol. The fraction of sp³-hybridized carbons (Fsp3) is 0.414. The largest absolute Gasteiger partial charge is 0.490 e. The third kappa shape index (κ3) is 5.57. The number of esters is 1. The first-order chi connectivity index (χ1) is 18.4. The Bertz CT molecular complexity index is 1330. The first-order valence-corrected chi connectivity index (χ1v) is 14.0. The maximum absolute atomic E-state index is 13.6. The Morgan fingerprint density at radius 1 is 1.11 bits per heavy atom. The molecule has 1 N–H and O–H groups in total. The van der Waals surface area contributed by atoms with Gasteiger partial charge in [-0.25, -0.2) is 9.48 Å². The molecule has 0 spiro atoms. The van der Waals surface area contributed by atoms with Crippen molar-refractivity contribution in [2.45, 2.75) is 71.6 Å². The van der Waals surface area contributed by atoms with Crippen LogP contribution in [0.4, 0.5) is 5.95 Å². The second kappa shape index (κ2) is 11.6. The minimum atomic E-state index is -0.536. The number of anilines is 1. The van der Waals surface area contributed by atoms with Crippen LogP contribution >= 0.6 is 15.9 Å². The van der Waals surface area contributed by atoms with Crippen LogP contribution in [0.1, 0.15) is 68.7 Å². The number of nitrogens with one attached hydrogen (secondary N) is 1. The van der Waals surface area contributed by atoms with E-state index in [1.54, 1.807) is 4.68 Å². The molecule has 2 heterocycles. The van der Waals surface area contributed by atoms with E-state index in [1.165, 1.54) is 18.3 Å². The van der Waals surface area contributed by atoms with Gasteiger partial charge in [0.1, 0.15) is 25.1 Å². The van der Waals surface area contributed by atoms with Crippen LogP contribution in [0.5, 0.6) is 11.5 Å². The number of hydrogen-bond donors (Lipinski definition) is 1. The average Bonchev–Trinajstić information content (AvgIpc) is 3.37. The number of carbonyl (C=O) groups is 1. The molecule has 2 aliphatic rings. The number of fused-ring (bicyclic) bond motifs is 1. The summed E-state index contributed by atoms with van der Waals surface area (Å²) in [6, 6.07) is 11.6. The van der Waals surface area contributed by atoms with Crippen molar-refractivity contribution < 1.29 is 19.0 Å². The van der Waals surface area contributed by atoms with Crippen LogP contribution in [-0.2, 0) is 16.1 Å². The van der Waals surface area contributed by atoms with E-state index in [0.717, 1.165) is 41.3 Å². The van der Waals surface area contributed by atoms with E-state index in [4.69, 9.17) is 14.2 Å². The van der Waals surface area contributed by atoms with E-state index in [1.807, 2.05) is 26.0 Å². The second-order valence-corrected chi connectivity index (χ2v) is 10.7. The molecule has 9 heteroatoms. The van der Waals surface area contributed by atoms with Crippen LogP contribution in [0.2, 0.25) is 0 Å². The Kier molecular flexibility index (Phi) is 8.02. The zero-order valence-corrected chi connectivity index (χ0v) is 23.6. The lowest BCUT2D eigenvalue weighted by Gasteiger charge is -2.30. The summed E-state index contributed by atoms with van der Waals surface area (Å²) in [5.74, 6) is 1.43. The molecule has 200 valence electrons. The van der Waals surface area contributed by atoms with Crippen molar-refractivity contribution in [3.63, 3.8) is 0 Å². The zero-order valence-electron chi connectivity index (χ0n) is 22.0. The number of ether oxygens (including phenoxy) is 3. The summed E-state index contributed by atoms with van der Waals surface area (Å²) in [4.78, 5) is 17.9. The summed E-state index contributed by atoms with van der Waals surface area (Å²) in [6.07, 6.45) is 6.58. The smallest absolute Gasteiger partial charge is 0.338 e. The highest BCUT2D eigenvalue weighted by Gasteiger charge is 2.36. The maximum atomic E-state index is 13.6. The van der Waals surface area contributed by atoms with Crippen LogP contribution in [0.3, 0.4) is 0 Å². The Balaban J connectivity index is 1.49. The van der Waals surface area contributed by atoms with Crippen LogP contribution in [-0.4, -0.2) is 33.4 Å². The lowest BCUT2D eigenvalue weighted by Crippen LogP contribution is -2.32. The average molecular weight is 582 g/mol. The van der Waals surface area contributed by atoms with Gasteiger partial charge in [-0.15, -0.1) is 0 Å². The molecule has 5 rings (SSSR count). The molecule has 0 amide bonds. The predicted octanol–water partition coefficient (Wildman–Crippen LogP) is 6.49. The molecule has 1 aromatic heterocycles. The highest BCUT2D eigenvalue weighted by atomic mass is 79.9. The second-order valence-electron chi connectivity index (χ2n) is 9.80. The first kappa shape index (κ1) is 26.3. The minimum absolute atomic E-state index is 0.0578. The number of allylic oxidation sites excluding steroid dienone is 1. The van der Waals surface area contributed by atoms with Crippen molar-refractivity contribution >= 4 is 27.8 Å². The fourth-order valence-electron chi connectivity index (χ4n) is 5.05. The molecule has 1 fully saturated rings. The molecule has 1 saturated carbocycles. The third-order valence-corrected chi connectivity index (χ3v) is 7.58. The Labute approximate surface area is 231 Å². The number of nitrogens with zero attached hydrogens (tertiary/aromatic N) is 3. The molecule has 1 atom stereocenters. The van der Waals surface area contributed by atoms with Crippen molar-refractivity contribution in [3.05, 3.63) is 75.2 Å². The van der Waals surface area contributed by atoms with E-state index < -0.39 is 6.04 Å². The van der Waals surface area contributed by atoms with E-state index in [-0.39, 0.29) is 12.1 Å². The Morgan fingerprint density at radius 3 is 2.61 bits per heavy atom. The zero-order chi connectivity index (χ0) is 26.6. The Morgan fingerprint density at radius 2 is 1.87 bits per heavy atom.